The summed E-state index contributed by atoms with van der Waals surface area (Å²) in [5.41, 5.74) is 2.34. The fourth-order valence-electron chi connectivity index (χ4n) is 2.39. The van der Waals surface area contributed by atoms with Crippen LogP contribution in [0.4, 0.5) is 11.6 Å². The molecule has 0 saturated carbocycles. The van der Waals surface area contributed by atoms with E-state index in [-0.39, 0.29) is 5.91 Å². The third-order valence-electron chi connectivity index (χ3n) is 3.87. The SMILES string of the molecule is COc1ccc(CCNC(=O)c2cnc(Nc3ccc(Cl)cc3)nc2)cc1. The zero-order valence-corrected chi connectivity index (χ0v) is 15.5. The lowest BCUT2D eigenvalue weighted by molar-refractivity contribution is 0.0953. The van der Waals surface area contributed by atoms with Crippen LogP contribution in [-0.2, 0) is 6.42 Å². The maximum Gasteiger partial charge on any atom is 0.254 e. The van der Waals surface area contributed by atoms with E-state index >= 15 is 0 Å². The highest BCUT2D eigenvalue weighted by atomic mass is 35.5. The van der Waals surface area contributed by atoms with Crippen LogP contribution in [-0.4, -0.2) is 29.5 Å². The van der Waals surface area contributed by atoms with Crippen molar-refractivity contribution >= 4 is 29.1 Å². The first-order valence-electron chi connectivity index (χ1n) is 8.40. The van der Waals surface area contributed by atoms with E-state index in [0.717, 1.165) is 23.4 Å². The van der Waals surface area contributed by atoms with E-state index in [1.807, 2.05) is 36.4 Å². The predicted octanol–water partition coefficient (Wildman–Crippen LogP) is 3.85. The van der Waals surface area contributed by atoms with Crippen LogP contribution in [0.3, 0.4) is 0 Å². The molecule has 2 N–H and O–H groups in total. The lowest BCUT2D eigenvalue weighted by atomic mass is 10.1. The molecule has 0 fully saturated rings. The van der Waals surface area contributed by atoms with Crippen LogP contribution in [0.15, 0.2) is 60.9 Å². The van der Waals surface area contributed by atoms with Gasteiger partial charge in [0.05, 0.1) is 12.7 Å². The van der Waals surface area contributed by atoms with Crippen LogP contribution in [0, 0.1) is 0 Å². The number of carbonyl (C=O) groups excluding carboxylic acids is 1. The molecule has 0 atom stereocenters. The standard InChI is InChI=1S/C20H19ClN4O2/c1-27-18-8-2-14(3-9-18)10-11-22-19(26)15-12-23-20(24-13-15)25-17-6-4-16(21)5-7-17/h2-9,12-13H,10-11H2,1H3,(H,22,26)(H,23,24,25). The number of anilines is 2. The Morgan fingerprint density at radius 3 is 2.33 bits per heavy atom. The molecule has 0 aliphatic carbocycles. The smallest absolute Gasteiger partial charge is 0.254 e. The summed E-state index contributed by atoms with van der Waals surface area (Å²) in [5, 5.41) is 6.57. The highest BCUT2D eigenvalue weighted by Crippen LogP contribution is 2.16. The van der Waals surface area contributed by atoms with Crippen molar-refractivity contribution in [3.63, 3.8) is 0 Å². The Morgan fingerprint density at radius 2 is 1.70 bits per heavy atom. The van der Waals surface area contributed by atoms with Gasteiger partial charge in [0.25, 0.3) is 5.91 Å². The number of benzene rings is 2. The number of hydrogen-bond acceptors (Lipinski definition) is 5. The number of amides is 1. The Morgan fingerprint density at radius 1 is 1.04 bits per heavy atom. The summed E-state index contributed by atoms with van der Waals surface area (Å²) in [6.45, 7) is 0.524. The number of methoxy groups -OCH3 is 1. The monoisotopic (exact) mass is 382 g/mol. The van der Waals surface area contributed by atoms with E-state index in [2.05, 4.69) is 20.6 Å². The van der Waals surface area contributed by atoms with Crippen molar-refractivity contribution in [1.82, 2.24) is 15.3 Å². The third kappa shape index (κ3) is 5.43. The first kappa shape index (κ1) is 18.7. The number of nitrogens with zero attached hydrogens (tertiary/aromatic N) is 2. The molecule has 0 unspecified atom stereocenters. The zero-order chi connectivity index (χ0) is 19.1. The van der Waals surface area contributed by atoms with Gasteiger partial charge in [0.2, 0.25) is 5.95 Å². The molecule has 1 amide bonds. The minimum Gasteiger partial charge on any atom is -0.497 e. The summed E-state index contributed by atoms with van der Waals surface area (Å²) < 4.78 is 5.13. The molecule has 0 aliphatic rings. The molecule has 3 rings (SSSR count). The fraction of sp³-hybridized carbons (Fsp3) is 0.150. The molecule has 27 heavy (non-hydrogen) atoms. The second kappa shape index (κ2) is 9.00. The molecule has 0 aliphatic heterocycles. The van der Waals surface area contributed by atoms with Gasteiger partial charge in [-0.1, -0.05) is 23.7 Å². The van der Waals surface area contributed by atoms with Crippen molar-refractivity contribution in [3.8, 4) is 5.75 Å². The topological polar surface area (TPSA) is 76.1 Å². The summed E-state index contributed by atoms with van der Waals surface area (Å²) in [4.78, 5) is 20.5. The number of aromatic nitrogens is 2. The highest BCUT2D eigenvalue weighted by Gasteiger charge is 2.07. The van der Waals surface area contributed by atoms with Gasteiger partial charge in [0.1, 0.15) is 5.75 Å². The average Bonchev–Trinajstić information content (AvgIpc) is 2.71. The van der Waals surface area contributed by atoms with Gasteiger partial charge in [-0.25, -0.2) is 9.97 Å². The minimum atomic E-state index is -0.207. The highest BCUT2D eigenvalue weighted by molar-refractivity contribution is 6.30. The Hall–Kier alpha value is -3.12. The van der Waals surface area contributed by atoms with Crippen molar-refractivity contribution in [2.75, 3.05) is 19.0 Å². The number of halogens is 1. The molecule has 0 bridgehead atoms. The Kier molecular flexibility index (Phi) is 6.22. The number of carbonyl (C=O) groups is 1. The summed E-state index contributed by atoms with van der Waals surface area (Å²) in [6, 6.07) is 14.9. The molecule has 1 aromatic heterocycles. The summed E-state index contributed by atoms with van der Waals surface area (Å²) in [5.74, 6) is 1.01. The average molecular weight is 383 g/mol. The fourth-order valence-corrected chi connectivity index (χ4v) is 2.51. The van der Waals surface area contributed by atoms with E-state index in [9.17, 15) is 4.79 Å². The van der Waals surface area contributed by atoms with Crippen molar-refractivity contribution in [2.45, 2.75) is 6.42 Å². The maximum atomic E-state index is 12.2. The minimum absolute atomic E-state index is 0.207. The second-order valence-corrected chi connectivity index (χ2v) is 6.22. The number of nitrogens with one attached hydrogen (secondary N) is 2. The molecular formula is C20H19ClN4O2. The number of rotatable bonds is 7. The van der Waals surface area contributed by atoms with Gasteiger partial charge in [0, 0.05) is 29.6 Å². The Bertz CT molecular complexity index is 881. The van der Waals surface area contributed by atoms with Gasteiger partial charge in [-0.15, -0.1) is 0 Å². The molecule has 138 valence electrons. The van der Waals surface area contributed by atoms with Gasteiger partial charge in [-0.3, -0.25) is 4.79 Å². The Labute approximate surface area is 162 Å². The van der Waals surface area contributed by atoms with E-state index in [1.54, 1.807) is 19.2 Å². The van der Waals surface area contributed by atoms with Crippen LogP contribution < -0.4 is 15.4 Å². The lowest BCUT2D eigenvalue weighted by Crippen LogP contribution is -2.26. The van der Waals surface area contributed by atoms with Gasteiger partial charge in [0.15, 0.2) is 0 Å². The first-order chi connectivity index (χ1) is 13.1. The van der Waals surface area contributed by atoms with Gasteiger partial charge in [-0.05, 0) is 48.4 Å². The van der Waals surface area contributed by atoms with Crippen LogP contribution >= 0.6 is 11.6 Å². The van der Waals surface area contributed by atoms with Crippen molar-refractivity contribution in [1.29, 1.82) is 0 Å². The largest absolute Gasteiger partial charge is 0.497 e. The number of ether oxygens (including phenoxy) is 1. The second-order valence-electron chi connectivity index (χ2n) is 5.78. The molecule has 0 saturated heterocycles. The van der Waals surface area contributed by atoms with Gasteiger partial charge in [-0.2, -0.15) is 0 Å². The quantitative estimate of drug-likeness (QED) is 0.649. The van der Waals surface area contributed by atoms with E-state index in [0.29, 0.717) is 23.1 Å². The van der Waals surface area contributed by atoms with Crippen molar-refractivity contribution < 1.29 is 9.53 Å². The maximum absolute atomic E-state index is 12.2. The van der Waals surface area contributed by atoms with E-state index < -0.39 is 0 Å². The molecule has 0 radical (unpaired) electrons. The first-order valence-corrected chi connectivity index (χ1v) is 8.77. The van der Waals surface area contributed by atoms with Crippen molar-refractivity contribution in [3.05, 3.63) is 77.1 Å². The summed E-state index contributed by atoms with van der Waals surface area (Å²) >= 11 is 5.86. The molecule has 1 heterocycles. The summed E-state index contributed by atoms with van der Waals surface area (Å²) in [6.07, 6.45) is 3.72. The van der Waals surface area contributed by atoms with E-state index in [4.69, 9.17) is 16.3 Å². The van der Waals surface area contributed by atoms with Crippen LogP contribution in [0.25, 0.3) is 0 Å². The van der Waals surface area contributed by atoms with Crippen molar-refractivity contribution in [2.24, 2.45) is 0 Å². The van der Waals surface area contributed by atoms with Crippen LogP contribution in [0.1, 0.15) is 15.9 Å². The number of hydrogen-bond donors (Lipinski definition) is 2. The van der Waals surface area contributed by atoms with Crippen LogP contribution in [0.2, 0.25) is 5.02 Å². The lowest BCUT2D eigenvalue weighted by Gasteiger charge is -2.07. The molecule has 2 aromatic carbocycles. The summed E-state index contributed by atoms with van der Waals surface area (Å²) in [7, 11) is 1.63. The molecule has 3 aromatic rings. The molecule has 0 spiro atoms. The molecule has 6 nitrogen and oxygen atoms in total. The molecular weight excluding hydrogens is 364 g/mol. The van der Waals surface area contributed by atoms with E-state index in [1.165, 1.54) is 12.4 Å². The third-order valence-corrected chi connectivity index (χ3v) is 4.12. The van der Waals surface area contributed by atoms with Gasteiger partial charge >= 0.3 is 0 Å². The van der Waals surface area contributed by atoms with Gasteiger partial charge < -0.3 is 15.4 Å². The zero-order valence-electron chi connectivity index (χ0n) is 14.8. The van der Waals surface area contributed by atoms with Crippen LogP contribution in [0.5, 0.6) is 5.75 Å². The molecule has 7 heteroatoms. The Balaban J connectivity index is 1.50. The normalized spacial score (nSPS) is 10.3. The predicted molar refractivity (Wildman–Crippen MR) is 106 cm³/mol.